The third-order valence-corrected chi connectivity index (χ3v) is 3.01. The Morgan fingerprint density at radius 3 is 2.35 bits per heavy atom. The zero-order valence-corrected chi connectivity index (χ0v) is 10.5. The van der Waals surface area contributed by atoms with Crippen LogP contribution in [0, 0.1) is 6.92 Å². The van der Waals surface area contributed by atoms with Crippen molar-refractivity contribution in [2.24, 2.45) is 0 Å². The second-order valence-electron chi connectivity index (χ2n) is 4.29. The van der Waals surface area contributed by atoms with Crippen molar-refractivity contribution in [2.75, 3.05) is 0 Å². The molecule has 2 aromatic rings. The number of pyridine rings is 1. The van der Waals surface area contributed by atoms with Crippen LogP contribution in [-0.4, -0.2) is 22.2 Å². The van der Waals surface area contributed by atoms with Crippen LogP contribution < -0.4 is 5.46 Å². The Morgan fingerprint density at radius 2 is 1.75 bits per heavy atom. The van der Waals surface area contributed by atoms with Gasteiger partial charge in [0.05, 0.1) is 11.3 Å². The summed E-state index contributed by atoms with van der Waals surface area (Å²) in [5.41, 5.74) is -0.366. The van der Waals surface area contributed by atoms with Gasteiger partial charge in [0.25, 0.3) is 0 Å². The molecule has 0 amide bonds. The van der Waals surface area contributed by atoms with Gasteiger partial charge < -0.3 is 10.0 Å². The molecule has 1 aromatic carbocycles. The number of rotatable bonds is 2. The first kappa shape index (κ1) is 14.6. The molecule has 7 heteroatoms. The Balaban J connectivity index is 2.67. The molecule has 3 nitrogen and oxygen atoms in total. The van der Waals surface area contributed by atoms with Crippen molar-refractivity contribution in [1.29, 1.82) is 0 Å². The van der Waals surface area contributed by atoms with E-state index in [-0.39, 0.29) is 16.7 Å². The second-order valence-corrected chi connectivity index (χ2v) is 4.29. The number of alkyl halides is 3. The van der Waals surface area contributed by atoms with Crippen molar-refractivity contribution in [3.8, 4) is 11.3 Å². The molecule has 0 bridgehead atoms. The minimum Gasteiger partial charge on any atom is -0.423 e. The summed E-state index contributed by atoms with van der Waals surface area (Å²) in [5, 5.41) is 18.4. The van der Waals surface area contributed by atoms with E-state index >= 15 is 0 Å². The van der Waals surface area contributed by atoms with Crippen molar-refractivity contribution in [3.63, 3.8) is 0 Å². The second kappa shape index (κ2) is 5.26. The average molecular weight is 281 g/mol. The molecule has 0 atom stereocenters. The van der Waals surface area contributed by atoms with E-state index in [0.717, 1.165) is 6.07 Å². The topological polar surface area (TPSA) is 53.4 Å². The van der Waals surface area contributed by atoms with Gasteiger partial charge in [-0.05, 0) is 30.1 Å². The summed E-state index contributed by atoms with van der Waals surface area (Å²) in [6, 6.07) is 6.42. The normalized spacial score (nSPS) is 11.5. The van der Waals surface area contributed by atoms with Crippen LogP contribution in [0.5, 0.6) is 0 Å². The summed E-state index contributed by atoms with van der Waals surface area (Å²) < 4.78 is 39.0. The molecule has 0 aliphatic heterocycles. The Labute approximate surface area is 113 Å². The standard InChI is InChI=1S/C13H11BF3NO2/c1-8-11(14(19)20)6-7-18-12(8)9-4-2-3-5-10(9)13(15,16)17/h2-7,19-20H,1H3. The van der Waals surface area contributed by atoms with Crippen molar-refractivity contribution in [2.45, 2.75) is 13.1 Å². The van der Waals surface area contributed by atoms with Gasteiger partial charge in [-0.25, -0.2) is 0 Å². The molecule has 0 aliphatic rings. The van der Waals surface area contributed by atoms with Crippen LogP contribution in [0.4, 0.5) is 13.2 Å². The zero-order chi connectivity index (χ0) is 14.9. The molecule has 2 N–H and O–H groups in total. The zero-order valence-electron chi connectivity index (χ0n) is 10.5. The van der Waals surface area contributed by atoms with Crippen LogP contribution in [0.1, 0.15) is 11.1 Å². The average Bonchev–Trinajstić information content (AvgIpc) is 2.37. The highest BCUT2D eigenvalue weighted by Crippen LogP contribution is 2.36. The Hall–Kier alpha value is -1.86. The maximum absolute atomic E-state index is 13.0. The van der Waals surface area contributed by atoms with Crippen LogP contribution in [-0.2, 0) is 6.18 Å². The van der Waals surface area contributed by atoms with Crippen molar-refractivity contribution < 1.29 is 23.2 Å². The van der Waals surface area contributed by atoms with Crippen molar-refractivity contribution in [1.82, 2.24) is 4.98 Å². The van der Waals surface area contributed by atoms with Gasteiger partial charge in [-0.1, -0.05) is 18.2 Å². The van der Waals surface area contributed by atoms with Gasteiger partial charge in [-0.2, -0.15) is 13.2 Å². The van der Waals surface area contributed by atoms with Crippen molar-refractivity contribution >= 4 is 12.6 Å². The lowest BCUT2D eigenvalue weighted by Gasteiger charge is -2.15. The summed E-state index contributed by atoms with van der Waals surface area (Å²) >= 11 is 0. The van der Waals surface area contributed by atoms with Gasteiger partial charge in [0.2, 0.25) is 0 Å². The highest BCUT2D eigenvalue weighted by molar-refractivity contribution is 6.59. The molecular formula is C13H11BF3NO2. The van der Waals surface area contributed by atoms with Crippen LogP contribution in [0.25, 0.3) is 11.3 Å². The van der Waals surface area contributed by atoms with Gasteiger partial charge in [0.15, 0.2) is 0 Å². The van der Waals surface area contributed by atoms with E-state index in [1.807, 2.05) is 0 Å². The van der Waals surface area contributed by atoms with Gasteiger partial charge in [-0.15, -0.1) is 0 Å². The number of aromatic nitrogens is 1. The van der Waals surface area contributed by atoms with Crippen LogP contribution in [0.15, 0.2) is 36.5 Å². The molecule has 20 heavy (non-hydrogen) atoms. The molecule has 1 aromatic heterocycles. The van der Waals surface area contributed by atoms with E-state index in [0.29, 0.717) is 5.56 Å². The van der Waals surface area contributed by atoms with Crippen LogP contribution in [0.2, 0.25) is 0 Å². The first-order valence-corrected chi connectivity index (χ1v) is 5.80. The fraction of sp³-hybridized carbons (Fsp3) is 0.154. The van der Waals surface area contributed by atoms with Gasteiger partial charge in [-0.3, -0.25) is 4.98 Å². The predicted molar refractivity (Wildman–Crippen MR) is 69.2 cm³/mol. The summed E-state index contributed by atoms with van der Waals surface area (Å²) in [6.07, 6.45) is -3.25. The molecule has 0 saturated carbocycles. The maximum atomic E-state index is 13.0. The van der Waals surface area contributed by atoms with Crippen LogP contribution in [0.3, 0.4) is 0 Å². The van der Waals surface area contributed by atoms with E-state index in [4.69, 9.17) is 0 Å². The fourth-order valence-corrected chi connectivity index (χ4v) is 2.04. The lowest BCUT2D eigenvalue weighted by molar-refractivity contribution is -0.137. The number of nitrogens with zero attached hydrogens (tertiary/aromatic N) is 1. The highest BCUT2D eigenvalue weighted by atomic mass is 19.4. The Kier molecular flexibility index (Phi) is 3.83. The maximum Gasteiger partial charge on any atom is 0.488 e. The highest BCUT2D eigenvalue weighted by Gasteiger charge is 2.34. The molecule has 2 rings (SSSR count). The lowest BCUT2D eigenvalue weighted by atomic mass is 9.76. The molecule has 0 spiro atoms. The van der Waals surface area contributed by atoms with E-state index in [9.17, 15) is 23.2 Å². The summed E-state index contributed by atoms with van der Waals surface area (Å²) in [7, 11) is -1.75. The monoisotopic (exact) mass is 281 g/mol. The van der Waals surface area contributed by atoms with Crippen molar-refractivity contribution in [3.05, 3.63) is 47.7 Å². The number of benzene rings is 1. The third kappa shape index (κ3) is 2.68. The fourth-order valence-electron chi connectivity index (χ4n) is 2.04. The Bertz CT molecular complexity index is 629. The SMILES string of the molecule is Cc1c(B(O)O)ccnc1-c1ccccc1C(F)(F)F. The quantitative estimate of drug-likeness (QED) is 0.825. The number of hydrogen-bond donors (Lipinski definition) is 2. The lowest BCUT2D eigenvalue weighted by Crippen LogP contribution is -2.32. The van der Waals surface area contributed by atoms with E-state index in [2.05, 4.69) is 4.98 Å². The van der Waals surface area contributed by atoms with Gasteiger partial charge >= 0.3 is 13.3 Å². The smallest absolute Gasteiger partial charge is 0.423 e. The first-order valence-electron chi connectivity index (χ1n) is 5.80. The molecular weight excluding hydrogens is 270 g/mol. The molecule has 0 aliphatic carbocycles. The van der Waals surface area contributed by atoms with Crippen LogP contribution >= 0.6 is 0 Å². The molecule has 0 unspecified atom stereocenters. The summed E-state index contributed by atoms with van der Waals surface area (Å²) in [5.74, 6) is 0. The number of halogens is 3. The summed E-state index contributed by atoms with van der Waals surface area (Å²) in [4.78, 5) is 3.94. The predicted octanol–water partition coefficient (Wildman–Crippen LogP) is 1.76. The molecule has 104 valence electrons. The minimum atomic E-state index is -4.50. The van der Waals surface area contributed by atoms with Gasteiger partial charge in [0, 0.05) is 11.8 Å². The first-order chi connectivity index (χ1) is 9.32. The number of hydrogen-bond acceptors (Lipinski definition) is 3. The van der Waals surface area contributed by atoms with E-state index in [1.54, 1.807) is 0 Å². The minimum absolute atomic E-state index is 0.0833. The van der Waals surface area contributed by atoms with E-state index in [1.165, 1.54) is 37.4 Å². The van der Waals surface area contributed by atoms with E-state index < -0.39 is 18.9 Å². The Morgan fingerprint density at radius 1 is 1.10 bits per heavy atom. The largest absolute Gasteiger partial charge is 0.488 e. The molecule has 1 heterocycles. The summed E-state index contributed by atoms with van der Waals surface area (Å²) in [6.45, 7) is 1.50. The molecule has 0 radical (unpaired) electrons. The molecule has 0 fully saturated rings. The van der Waals surface area contributed by atoms with Gasteiger partial charge in [0.1, 0.15) is 0 Å². The molecule has 0 saturated heterocycles. The third-order valence-electron chi connectivity index (χ3n) is 3.01.